The van der Waals surface area contributed by atoms with Gasteiger partial charge in [-0.05, 0) is 57.6 Å². The Kier molecular flexibility index (Phi) is 3.87. The van der Waals surface area contributed by atoms with Crippen LogP contribution >= 0.6 is 0 Å². The number of carbonyl (C=O) groups excluding carboxylic acids is 1. The lowest BCUT2D eigenvalue weighted by Crippen LogP contribution is -2.36. The van der Waals surface area contributed by atoms with Gasteiger partial charge in [0.2, 0.25) is 5.91 Å². The third-order valence-electron chi connectivity index (χ3n) is 3.68. The maximum absolute atomic E-state index is 11.3. The molecule has 4 nitrogen and oxygen atoms in total. The Morgan fingerprint density at radius 1 is 1.39 bits per heavy atom. The van der Waals surface area contributed by atoms with Crippen molar-refractivity contribution in [1.82, 2.24) is 4.90 Å². The monoisotopic (exact) mass is 247 g/mol. The second-order valence-corrected chi connectivity index (χ2v) is 5.06. The standard InChI is InChI=1S/C14H21N3O/c1-10-12(14(15)18)4-3-5-13(10)16-11-6-8-17(2)9-7-11/h3-5,11,16H,6-9H2,1-2H3,(H2,15,18). The maximum Gasteiger partial charge on any atom is 0.249 e. The molecule has 3 N–H and O–H groups in total. The normalized spacial score (nSPS) is 17.7. The molecule has 1 fully saturated rings. The van der Waals surface area contributed by atoms with E-state index < -0.39 is 0 Å². The first-order valence-corrected chi connectivity index (χ1v) is 6.42. The van der Waals surface area contributed by atoms with Gasteiger partial charge in [-0.15, -0.1) is 0 Å². The third-order valence-corrected chi connectivity index (χ3v) is 3.68. The minimum Gasteiger partial charge on any atom is -0.382 e. The van der Waals surface area contributed by atoms with Gasteiger partial charge in [-0.2, -0.15) is 0 Å². The predicted molar refractivity (Wildman–Crippen MR) is 73.8 cm³/mol. The van der Waals surface area contributed by atoms with Crippen molar-refractivity contribution < 1.29 is 4.79 Å². The number of hydrogen-bond acceptors (Lipinski definition) is 3. The zero-order valence-corrected chi connectivity index (χ0v) is 11.1. The number of benzene rings is 1. The lowest BCUT2D eigenvalue weighted by Gasteiger charge is -2.30. The summed E-state index contributed by atoms with van der Waals surface area (Å²) in [6.07, 6.45) is 2.27. The van der Waals surface area contributed by atoms with Crippen molar-refractivity contribution in [2.75, 3.05) is 25.5 Å². The molecule has 0 bridgehead atoms. The summed E-state index contributed by atoms with van der Waals surface area (Å²) in [6, 6.07) is 6.16. The van der Waals surface area contributed by atoms with E-state index in [1.54, 1.807) is 6.07 Å². The van der Waals surface area contributed by atoms with Crippen LogP contribution in [0.1, 0.15) is 28.8 Å². The third kappa shape index (κ3) is 2.82. The van der Waals surface area contributed by atoms with Crippen LogP contribution in [0.15, 0.2) is 18.2 Å². The number of nitrogens with one attached hydrogen (secondary N) is 1. The molecule has 1 aromatic carbocycles. The van der Waals surface area contributed by atoms with Gasteiger partial charge in [0.1, 0.15) is 0 Å². The fourth-order valence-corrected chi connectivity index (χ4v) is 2.43. The van der Waals surface area contributed by atoms with E-state index in [1.807, 2.05) is 19.1 Å². The van der Waals surface area contributed by atoms with Crippen molar-refractivity contribution in [3.05, 3.63) is 29.3 Å². The highest BCUT2D eigenvalue weighted by molar-refractivity contribution is 5.95. The number of rotatable bonds is 3. The highest BCUT2D eigenvalue weighted by Gasteiger charge is 2.17. The number of hydrogen-bond donors (Lipinski definition) is 2. The molecule has 0 spiro atoms. The molecule has 0 aromatic heterocycles. The molecule has 0 radical (unpaired) electrons. The second-order valence-electron chi connectivity index (χ2n) is 5.06. The van der Waals surface area contributed by atoms with E-state index in [2.05, 4.69) is 17.3 Å². The highest BCUT2D eigenvalue weighted by atomic mass is 16.1. The van der Waals surface area contributed by atoms with Gasteiger partial charge in [0.05, 0.1) is 0 Å². The predicted octanol–water partition coefficient (Wildman–Crippen LogP) is 1.60. The van der Waals surface area contributed by atoms with Gasteiger partial charge < -0.3 is 16.0 Å². The van der Waals surface area contributed by atoms with Crippen molar-refractivity contribution >= 4 is 11.6 Å². The molecule has 98 valence electrons. The summed E-state index contributed by atoms with van der Waals surface area (Å²) in [5, 5.41) is 3.53. The fourth-order valence-electron chi connectivity index (χ4n) is 2.43. The maximum atomic E-state index is 11.3. The molecular weight excluding hydrogens is 226 g/mol. The van der Waals surface area contributed by atoms with Crippen LogP contribution in [-0.2, 0) is 0 Å². The summed E-state index contributed by atoms with van der Waals surface area (Å²) in [5.74, 6) is -0.362. The van der Waals surface area contributed by atoms with Crippen LogP contribution in [0, 0.1) is 6.92 Å². The number of likely N-dealkylation sites (tertiary alicyclic amines) is 1. The molecule has 0 unspecified atom stereocenters. The van der Waals surface area contributed by atoms with Crippen LogP contribution in [0.4, 0.5) is 5.69 Å². The topological polar surface area (TPSA) is 58.4 Å². The quantitative estimate of drug-likeness (QED) is 0.853. The zero-order valence-electron chi connectivity index (χ0n) is 11.1. The van der Waals surface area contributed by atoms with Crippen LogP contribution in [0.25, 0.3) is 0 Å². The molecule has 1 aliphatic heterocycles. The molecular formula is C14H21N3O. The first-order chi connectivity index (χ1) is 8.58. The second kappa shape index (κ2) is 5.40. The van der Waals surface area contributed by atoms with E-state index >= 15 is 0 Å². The number of nitrogens with zero attached hydrogens (tertiary/aromatic N) is 1. The van der Waals surface area contributed by atoms with Gasteiger partial charge in [-0.3, -0.25) is 4.79 Å². The van der Waals surface area contributed by atoms with Crippen LogP contribution in [0.5, 0.6) is 0 Å². The highest BCUT2D eigenvalue weighted by Crippen LogP contribution is 2.22. The lowest BCUT2D eigenvalue weighted by molar-refractivity contribution is 0.1000. The Morgan fingerprint density at radius 3 is 2.67 bits per heavy atom. The first kappa shape index (κ1) is 12.9. The summed E-state index contributed by atoms with van der Waals surface area (Å²) < 4.78 is 0. The van der Waals surface area contributed by atoms with E-state index in [1.165, 1.54) is 0 Å². The van der Waals surface area contributed by atoms with Crippen molar-refractivity contribution in [3.63, 3.8) is 0 Å². The fraction of sp³-hybridized carbons (Fsp3) is 0.500. The number of nitrogens with two attached hydrogens (primary N) is 1. The van der Waals surface area contributed by atoms with Gasteiger partial charge in [0, 0.05) is 17.3 Å². The number of anilines is 1. The summed E-state index contributed by atoms with van der Waals surface area (Å²) in [7, 11) is 2.15. The molecule has 1 aromatic rings. The van der Waals surface area contributed by atoms with E-state index in [0.717, 1.165) is 37.2 Å². The molecule has 0 atom stereocenters. The average molecular weight is 247 g/mol. The van der Waals surface area contributed by atoms with Gasteiger partial charge in [0.15, 0.2) is 0 Å². The van der Waals surface area contributed by atoms with Crippen molar-refractivity contribution in [2.24, 2.45) is 5.73 Å². The molecule has 1 heterocycles. The number of piperidine rings is 1. The Bertz CT molecular complexity index is 437. The van der Waals surface area contributed by atoms with E-state index in [0.29, 0.717) is 11.6 Å². The van der Waals surface area contributed by atoms with Crippen LogP contribution < -0.4 is 11.1 Å². The number of carbonyl (C=O) groups is 1. The molecule has 1 amide bonds. The largest absolute Gasteiger partial charge is 0.382 e. The van der Waals surface area contributed by atoms with Crippen LogP contribution in [0.3, 0.4) is 0 Å². The number of primary amides is 1. The van der Waals surface area contributed by atoms with E-state index in [4.69, 9.17) is 5.73 Å². The average Bonchev–Trinajstić information content (AvgIpc) is 2.34. The van der Waals surface area contributed by atoms with Crippen LogP contribution in [0.2, 0.25) is 0 Å². The Morgan fingerprint density at radius 2 is 2.06 bits per heavy atom. The van der Waals surface area contributed by atoms with Gasteiger partial charge >= 0.3 is 0 Å². The summed E-state index contributed by atoms with van der Waals surface area (Å²) >= 11 is 0. The van der Waals surface area contributed by atoms with Crippen molar-refractivity contribution in [3.8, 4) is 0 Å². The van der Waals surface area contributed by atoms with Gasteiger partial charge in [0.25, 0.3) is 0 Å². The summed E-state index contributed by atoms with van der Waals surface area (Å²) in [4.78, 5) is 13.6. The Labute approximate surface area is 108 Å². The summed E-state index contributed by atoms with van der Waals surface area (Å²) in [6.45, 7) is 4.18. The SMILES string of the molecule is Cc1c(NC2CCN(C)CC2)cccc1C(N)=O. The van der Waals surface area contributed by atoms with Gasteiger partial charge in [-0.1, -0.05) is 6.07 Å². The summed E-state index contributed by atoms with van der Waals surface area (Å²) in [5.41, 5.74) is 7.94. The smallest absolute Gasteiger partial charge is 0.249 e. The molecule has 2 rings (SSSR count). The molecule has 18 heavy (non-hydrogen) atoms. The van der Waals surface area contributed by atoms with Gasteiger partial charge in [-0.25, -0.2) is 0 Å². The Balaban J connectivity index is 2.10. The minimum absolute atomic E-state index is 0.362. The van der Waals surface area contributed by atoms with Crippen molar-refractivity contribution in [1.29, 1.82) is 0 Å². The first-order valence-electron chi connectivity index (χ1n) is 6.42. The molecule has 1 saturated heterocycles. The lowest BCUT2D eigenvalue weighted by atomic mass is 10.0. The molecule has 4 heteroatoms. The zero-order chi connectivity index (χ0) is 13.1. The van der Waals surface area contributed by atoms with E-state index in [9.17, 15) is 4.79 Å². The Hall–Kier alpha value is -1.55. The van der Waals surface area contributed by atoms with Crippen molar-refractivity contribution in [2.45, 2.75) is 25.8 Å². The molecule has 0 aliphatic carbocycles. The molecule has 1 aliphatic rings. The minimum atomic E-state index is -0.362. The van der Waals surface area contributed by atoms with Crippen LogP contribution in [-0.4, -0.2) is 37.0 Å². The number of amides is 1. The molecule has 0 saturated carbocycles. The van der Waals surface area contributed by atoms with E-state index in [-0.39, 0.29) is 5.91 Å².